The predicted octanol–water partition coefficient (Wildman–Crippen LogP) is 4.67. The fraction of sp³-hybridized carbons (Fsp3) is 0.0556. The summed E-state index contributed by atoms with van der Waals surface area (Å²) in [4.78, 5) is 11.2. The average molecular weight is 303 g/mol. The lowest BCUT2D eigenvalue weighted by Gasteiger charge is -2.10. The van der Waals surface area contributed by atoms with Crippen molar-refractivity contribution in [3.63, 3.8) is 0 Å². The number of anilines is 2. The van der Waals surface area contributed by atoms with Crippen LogP contribution in [0.15, 0.2) is 54.6 Å². The molecule has 3 aromatic rings. The van der Waals surface area contributed by atoms with Gasteiger partial charge in [-0.3, -0.25) is 10.1 Å². The highest BCUT2D eigenvalue weighted by Crippen LogP contribution is 2.35. The van der Waals surface area contributed by atoms with Gasteiger partial charge in [0.15, 0.2) is 0 Å². The number of hydrogen-bond acceptors (Lipinski definition) is 4. The van der Waals surface area contributed by atoms with E-state index >= 15 is 0 Å². The van der Waals surface area contributed by atoms with Crippen molar-refractivity contribution < 1.29 is 4.92 Å². The average Bonchev–Trinajstić information content (AvgIpc) is 2.54. The molecular weight excluding hydrogens is 290 g/mol. The molecule has 3 aromatic carbocycles. The molecule has 23 heavy (non-hydrogen) atoms. The highest BCUT2D eigenvalue weighted by molar-refractivity contribution is 5.97. The summed E-state index contributed by atoms with van der Waals surface area (Å²) in [7, 11) is 0. The monoisotopic (exact) mass is 303 g/mol. The second-order valence-electron chi connectivity index (χ2n) is 5.26. The van der Waals surface area contributed by atoms with E-state index in [4.69, 9.17) is 5.26 Å². The van der Waals surface area contributed by atoms with Crippen LogP contribution in [0.3, 0.4) is 0 Å². The van der Waals surface area contributed by atoms with Crippen LogP contribution in [0.4, 0.5) is 17.1 Å². The van der Waals surface area contributed by atoms with Gasteiger partial charge >= 0.3 is 0 Å². The number of nitrogens with one attached hydrogen (secondary N) is 1. The van der Waals surface area contributed by atoms with Crippen molar-refractivity contribution in [3.05, 3.63) is 75.8 Å². The number of nitro groups is 1. The van der Waals surface area contributed by atoms with Crippen molar-refractivity contribution >= 4 is 27.8 Å². The Morgan fingerprint density at radius 2 is 1.96 bits per heavy atom. The van der Waals surface area contributed by atoms with Crippen LogP contribution >= 0.6 is 0 Å². The number of nitrogens with zero attached hydrogens (tertiary/aromatic N) is 2. The zero-order valence-corrected chi connectivity index (χ0v) is 12.4. The first-order chi connectivity index (χ1) is 11.1. The van der Waals surface area contributed by atoms with Gasteiger partial charge < -0.3 is 5.32 Å². The second kappa shape index (κ2) is 5.78. The molecule has 0 aliphatic carbocycles. The zero-order valence-electron chi connectivity index (χ0n) is 12.4. The lowest BCUT2D eigenvalue weighted by molar-refractivity contribution is -0.382. The van der Waals surface area contributed by atoms with Crippen LogP contribution in [0.25, 0.3) is 10.8 Å². The summed E-state index contributed by atoms with van der Waals surface area (Å²) in [6.45, 7) is 1.95. The Bertz CT molecular complexity index is 958. The summed E-state index contributed by atoms with van der Waals surface area (Å²) < 4.78 is 0. The van der Waals surface area contributed by atoms with Crippen molar-refractivity contribution in [1.29, 1.82) is 5.26 Å². The molecule has 0 heterocycles. The van der Waals surface area contributed by atoms with Crippen LogP contribution in [0.1, 0.15) is 11.1 Å². The van der Waals surface area contributed by atoms with E-state index in [0.717, 1.165) is 10.9 Å². The van der Waals surface area contributed by atoms with Crippen LogP contribution in [-0.2, 0) is 0 Å². The Hall–Kier alpha value is -3.39. The van der Waals surface area contributed by atoms with Gasteiger partial charge in [-0.1, -0.05) is 29.8 Å². The van der Waals surface area contributed by atoms with Gasteiger partial charge in [-0.05, 0) is 42.6 Å². The maximum atomic E-state index is 11.5. The minimum atomic E-state index is -0.381. The van der Waals surface area contributed by atoms with Crippen molar-refractivity contribution in [2.75, 3.05) is 5.32 Å². The van der Waals surface area contributed by atoms with Crippen LogP contribution in [0.2, 0.25) is 0 Å². The van der Waals surface area contributed by atoms with E-state index < -0.39 is 0 Å². The van der Waals surface area contributed by atoms with Gasteiger partial charge in [-0.25, -0.2) is 0 Å². The highest BCUT2D eigenvalue weighted by atomic mass is 16.6. The molecule has 0 radical (unpaired) electrons. The molecule has 0 spiro atoms. The Morgan fingerprint density at radius 3 is 2.70 bits per heavy atom. The summed E-state index contributed by atoms with van der Waals surface area (Å²) in [6, 6.07) is 18.0. The quantitative estimate of drug-likeness (QED) is 0.563. The van der Waals surface area contributed by atoms with E-state index in [-0.39, 0.29) is 10.6 Å². The topological polar surface area (TPSA) is 79.0 Å². The molecule has 0 aromatic heterocycles. The molecule has 0 amide bonds. The van der Waals surface area contributed by atoms with Crippen molar-refractivity contribution in [2.45, 2.75) is 6.92 Å². The molecule has 5 heteroatoms. The maximum absolute atomic E-state index is 11.5. The molecular formula is C18H13N3O2. The number of nitro benzene ring substituents is 1. The fourth-order valence-corrected chi connectivity index (χ4v) is 2.55. The molecule has 0 atom stereocenters. The molecule has 1 N–H and O–H groups in total. The lowest BCUT2D eigenvalue weighted by atomic mass is 10.0. The third-order valence-corrected chi connectivity index (χ3v) is 3.60. The van der Waals surface area contributed by atoms with Gasteiger partial charge in [0.1, 0.15) is 5.69 Å². The third kappa shape index (κ3) is 2.83. The smallest absolute Gasteiger partial charge is 0.300 e. The Kier molecular flexibility index (Phi) is 3.65. The molecule has 3 rings (SSSR count). The maximum Gasteiger partial charge on any atom is 0.300 e. The van der Waals surface area contributed by atoms with Crippen molar-refractivity contribution in [3.8, 4) is 6.07 Å². The standard InChI is InChI=1S/C18H13N3O2/c1-12-5-7-16-14(9-12)6-8-17(18(16)21(22)23)20-15-4-2-3-13(10-15)11-19/h2-10,20H,1H3. The summed E-state index contributed by atoms with van der Waals surface area (Å²) in [5, 5.41) is 25.0. The van der Waals surface area contributed by atoms with E-state index in [9.17, 15) is 10.1 Å². The lowest BCUT2D eigenvalue weighted by Crippen LogP contribution is -1.98. The molecule has 0 saturated carbocycles. The minimum Gasteiger partial charge on any atom is -0.350 e. The summed E-state index contributed by atoms with van der Waals surface area (Å²) in [5.41, 5.74) is 2.62. The van der Waals surface area contributed by atoms with E-state index in [0.29, 0.717) is 22.3 Å². The highest BCUT2D eigenvalue weighted by Gasteiger charge is 2.18. The number of fused-ring (bicyclic) bond motifs is 1. The fourth-order valence-electron chi connectivity index (χ4n) is 2.55. The second-order valence-corrected chi connectivity index (χ2v) is 5.26. The van der Waals surface area contributed by atoms with E-state index in [1.54, 1.807) is 36.4 Å². The van der Waals surface area contributed by atoms with Crippen molar-refractivity contribution in [2.24, 2.45) is 0 Å². The largest absolute Gasteiger partial charge is 0.350 e. The first-order valence-electron chi connectivity index (χ1n) is 7.03. The van der Waals surface area contributed by atoms with Gasteiger partial charge in [0.05, 0.1) is 21.9 Å². The zero-order chi connectivity index (χ0) is 16.4. The number of nitriles is 1. The predicted molar refractivity (Wildman–Crippen MR) is 89.8 cm³/mol. The van der Waals surface area contributed by atoms with Gasteiger partial charge in [0.25, 0.3) is 5.69 Å². The van der Waals surface area contributed by atoms with Crippen LogP contribution in [0.5, 0.6) is 0 Å². The first-order valence-corrected chi connectivity index (χ1v) is 7.03. The first kappa shape index (κ1) is 14.5. The van der Waals surface area contributed by atoms with Crippen LogP contribution < -0.4 is 5.32 Å². The molecule has 0 aliphatic heterocycles. The molecule has 0 bridgehead atoms. The Morgan fingerprint density at radius 1 is 1.13 bits per heavy atom. The Balaban J connectivity index is 2.13. The molecule has 5 nitrogen and oxygen atoms in total. The number of benzene rings is 3. The van der Waals surface area contributed by atoms with E-state index in [1.807, 2.05) is 25.1 Å². The Labute approximate surface area is 132 Å². The van der Waals surface area contributed by atoms with E-state index in [2.05, 4.69) is 11.4 Å². The molecule has 0 fully saturated rings. The molecule has 0 saturated heterocycles. The third-order valence-electron chi connectivity index (χ3n) is 3.60. The van der Waals surface area contributed by atoms with Gasteiger partial charge in [0, 0.05) is 5.69 Å². The molecule has 0 unspecified atom stereocenters. The molecule has 0 aliphatic rings. The van der Waals surface area contributed by atoms with Gasteiger partial charge in [0.2, 0.25) is 0 Å². The number of hydrogen-bond donors (Lipinski definition) is 1. The van der Waals surface area contributed by atoms with Gasteiger partial charge in [-0.15, -0.1) is 0 Å². The summed E-state index contributed by atoms with van der Waals surface area (Å²) in [5.74, 6) is 0. The van der Waals surface area contributed by atoms with Crippen molar-refractivity contribution in [1.82, 2.24) is 0 Å². The number of aryl methyl sites for hydroxylation is 1. The summed E-state index contributed by atoms with van der Waals surface area (Å²) >= 11 is 0. The van der Waals surface area contributed by atoms with Crippen LogP contribution in [0, 0.1) is 28.4 Å². The van der Waals surface area contributed by atoms with E-state index in [1.165, 1.54) is 0 Å². The number of rotatable bonds is 3. The minimum absolute atomic E-state index is 0.0323. The van der Waals surface area contributed by atoms with Crippen LogP contribution in [-0.4, -0.2) is 4.92 Å². The van der Waals surface area contributed by atoms with Gasteiger partial charge in [-0.2, -0.15) is 5.26 Å². The SMILES string of the molecule is Cc1ccc2c([N+](=O)[O-])c(Nc3cccc(C#N)c3)ccc2c1. The summed E-state index contributed by atoms with van der Waals surface area (Å²) in [6.07, 6.45) is 0. The normalized spacial score (nSPS) is 10.3. The molecule has 112 valence electrons.